The number of aromatic nitrogens is 7. The predicted octanol–water partition coefficient (Wildman–Crippen LogP) is 1.75. The first-order valence-electron chi connectivity index (χ1n) is 9.67. The second-order valence-electron chi connectivity index (χ2n) is 7.42. The van der Waals surface area contributed by atoms with Crippen LogP contribution in [0, 0.1) is 11.6 Å². The van der Waals surface area contributed by atoms with Crippen LogP contribution in [0.4, 0.5) is 14.7 Å². The smallest absolute Gasteiger partial charge is 0.293 e. The molecule has 4 rings (SSSR count). The van der Waals surface area contributed by atoms with Crippen LogP contribution in [-0.2, 0) is 13.5 Å². The average molecular weight is 429 g/mol. The van der Waals surface area contributed by atoms with Gasteiger partial charge in [0, 0.05) is 32.6 Å². The fourth-order valence-corrected chi connectivity index (χ4v) is 3.35. The first-order valence-corrected chi connectivity index (χ1v) is 9.67. The van der Waals surface area contributed by atoms with Gasteiger partial charge in [0.1, 0.15) is 17.7 Å². The zero-order chi connectivity index (χ0) is 22.3. The molecule has 4 aromatic rings. The Kier molecular flexibility index (Phi) is 5.21. The van der Waals surface area contributed by atoms with Crippen LogP contribution in [0.25, 0.3) is 16.6 Å². The number of fused-ring (bicyclic) bond motifs is 3. The lowest BCUT2D eigenvalue weighted by Crippen LogP contribution is -2.35. The van der Waals surface area contributed by atoms with Gasteiger partial charge < -0.3 is 10.6 Å². The number of carbonyl (C=O) groups is 1. The number of hydrogen-bond donors (Lipinski definition) is 1. The van der Waals surface area contributed by atoms with Crippen LogP contribution in [-0.4, -0.2) is 58.2 Å². The predicted molar refractivity (Wildman–Crippen MR) is 108 cm³/mol. The fourth-order valence-electron chi connectivity index (χ4n) is 3.35. The summed E-state index contributed by atoms with van der Waals surface area (Å²) in [6, 6.07) is 1.85. The molecule has 2 N–H and O–H groups in total. The van der Waals surface area contributed by atoms with E-state index in [2.05, 4.69) is 25.1 Å². The van der Waals surface area contributed by atoms with Gasteiger partial charge in [-0.1, -0.05) is 0 Å². The van der Waals surface area contributed by atoms with Crippen LogP contribution in [0.5, 0.6) is 0 Å². The molecule has 1 aromatic carbocycles. The number of hydrogen-bond acceptors (Lipinski definition) is 7. The number of nitrogens with two attached hydrogens (primary N) is 1. The van der Waals surface area contributed by atoms with E-state index in [4.69, 9.17) is 5.73 Å². The molecule has 1 amide bonds. The van der Waals surface area contributed by atoms with Gasteiger partial charge in [-0.3, -0.25) is 9.48 Å². The van der Waals surface area contributed by atoms with E-state index < -0.39 is 11.6 Å². The third-order valence-electron chi connectivity index (χ3n) is 5.16. The van der Waals surface area contributed by atoms with Gasteiger partial charge in [-0.25, -0.2) is 23.7 Å². The quantitative estimate of drug-likeness (QED) is 0.496. The van der Waals surface area contributed by atoms with E-state index in [9.17, 15) is 13.6 Å². The zero-order valence-corrected chi connectivity index (χ0v) is 17.2. The standard InChI is InChI=1S/C19H21F2N9O/c1-10(29(3)18(31)16-23-9-28(2)27-16)5-4-6-14-24-17-12-7-11(20)8-13(21)15(12)25-19(22)30(17)26-14/h7-10H,4-6H2,1-3H3,(H2,22,25)/t10-/m0/s1. The molecule has 0 bridgehead atoms. The van der Waals surface area contributed by atoms with Gasteiger partial charge in [0.15, 0.2) is 17.3 Å². The molecule has 0 saturated carbocycles. The number of benzene rings is 1. The maximum atomic E-state index is 14.1. The molecule has 0 unspecified atom stereocenters. The number of rotatable bonds is 6. The van der Waals surface area contributed by atoms with E-state index >= 15 is 0 Å². The van der Waals surface area contributed by atoms with Crippen molar-refractivity contribution < 1.29 is 13.6 Å². The van der Waals surface area contributed by atoms with Crippen LogP contribution in [0.3, 0.4) is 0 Å². The van der Waals surface area contributed by atoms with Crippen molar-refractivity contribution in [3.8, 4) is 0 Å². The molecule has 0 aliphatic carbocycles. The summed E-state index contributed by atoms with van der Waals surface area (Å²) in [5.41, 5.74) is 6.07. The molecular weight excluding hydrogens is 408 g/mol. The van der Waals surface area contributed by atoms with E-state index in [1.165, 1.54) is 15.5 Å². The lowest BCUT2D eigenvalue weighted by atomic mass is 10.1. The minimum atomic E-state index is -0.808. The van der Waals surface area contributed by atoms with Crippen molar-refractivity contribution in [2.45, 2.75) is 32.2 Å². The number of aryl methyl sites for hydroxylation is 2. The maximum absolute atomic E-state index is 14.1. The second-order valence-corrected chi connectivity index (χ2v) is 7.42. The van der Waals surface area contributed by atoms with E-state index in [0.29, 0.717) is 25.1 Å². The lowest BCUT2D eigenvalue weighted by molar-refractivity contribution is 0.0723. The van der Waals surface area contributed by atoms with Crippen molar-refractivity contribution in [1.82, 2.24) is 39.2 Å². The topological polar surface area (TPSA) is 120 Å². The van der Waals surface area contributed by atoms with E-state index in [-0.39, 0.29) is 40.3 Å². The summed E-state index contributed by atoms with van der Waals surface area (Å²) in [6.45, 7) is 1.93. The Morgan fingerprint density at radius 3 is 2.74 bits per heavy atom. The monoisotopic (exact) mass is 429 g/mol. The number of amides is 1. The Hall–Kier alpha value is -3.70. The summed E-state index contributed by atoms with van der Waals surface area (Å²) in [5, 5.41) is 8.55. The molecule has 3 heterocycles. The number of nitrogens with zero attached hydrogens (tertiary/aromatic N) is 8. The highest BCUT2D eigenvalue weighted by Gasteiger charge is 2.21. The molecule has 162 valence electrons. The third kappa shape index (κ3) is 3.88. The van der Waals surface area contributed by atoms with Crippen molar-refractivity contribution in [2.75, 3.05) is 12.8 Å². The Morgan fingerprint density at radius 2 is 2.03 bits per heavy atom. The van der Waals surface area contributed by atoms with Gasteiger partial charge in [-0.2, -0.15) is 4.52 Å². The van der Waals surface area contributed by atoms with Crippen molar-refractivity contribution >= 4 is 28.4 Å². The van der Waals surface area contributed by atoms with E-state index in [0.717, 1.165) is 12.1 Å². The molecule has 1 atom stereocenters. The Labute approximate surface area is 175 Å². The van der Waals surface area contributed by atoms with Crippen molar-refractivity contribution in [3.63, 3.8) is 0 Å². The molecule has 0 saturated heterocycles. The highest BCUT2D eigenvalue weighted by molar-refractivity contribution is 5.92. The SMILES string of the molecule is C[C@@H](CCCc1nc2c3cc(F)cc(F)c3nc(N)n2n1)N(C)C(=O)c1ncn(C)n1. The summed E-state index contributed by atoms with van der Waals surface area (Å²) >= 11 is 0. The van der Waals surface area contributed by atoms with Gasteiger partial charge in [-0.15, -0.1) is 10.2 Å². The van der Waals surface area contributed by atoms with Gasteiger partial charge in [0.25, 0.3) is 5.91 Å². The molecule has 12 heteroatoms. The minimum Gasteiger partial charge on any atom is -0.368 e. The number of nitrogen functional groups attached to an aromatic ring is 1. The molecule has 0 aliphatic heterocycles. The van der Waals surface area contributed by atoms with Crippen molar-refractivity contribution in [3.05, 3.63) is 41.7 Å². The lowest BCUT2D eigenvalue weighted by Gasteiger charge is -2.23. The molecule has 0 spiro atoms. The van der Waals surface area contributed by atoms with Gasteiger partial charge >= 0.3 is 0 Å². The van der Waals surface area contributed by atoms with Gasteiger partial charge in [0.05, 0.1) is 5.39 Å². The summed E-state index contributed by atoms with van der Waals surface area (Å²) in [7, 11) is 3.40. The molecule has 0 fully saturated rings. The van der Waals surface area contributed by atoms with Crippen LogP contribution in [0.2, 0.25) is 0 Å². The van der Waals surface area contributed by atoms with Crippen molar-refractivity contribution in [2.24, 2.45) is 7.05 Å². The number of carbonyl (C=O) groups excluding carboxylic acids is 1. The third-order valence-corrected chi connectivity index (χ3v) is 5.16. The molecular formula is C19H21F2N9O. The largest absolute Gasteiger partial charge is 0.368 e. The fraction of sp³-hybridized carbons (Fsp3) is 0.368. The normalized spacial score (nSPS) is 12.5. The first kappa shape index (κ1) is 20.6. The average Bonchev–Trinajstić information content (AvgIpc) is 3.35. The Balaban J connectivity index is 1.47. The maximum Gasteiger partial charge on any atom is 0.293 e. The summed E-state index contributed by atoms with van der Waals surface area (Å²) in [5.74, 6) is -1.21. The van der Waals surface area contributed by atoms with Crippen LogP contribution >= 0.6 is 0 Å². The van der Waals surface area contributed by atoms with E-state index in [1.54, 1.807) is 19.0 Å². The minimum absolute atomic E-state index is 0.0340. The Morgan fingerprint density at radius 1 is 1.26 bits per heavy atom. The van der Waals surface area contributed by atoms with E-state index in [1.807, 2.05) is 6.92 Å². The molecule has 0 radical (unpaired) electrons. The highest BCUT2D eigenvalue weighted by atomic mass is 19.1. The second kappa shape index (κ2) is 7.85. The summed E-state index contributed by atoms with van der Waals surface area (Å²) in [6.07, 6.45) is 3.33. The summed E-state index contributed by atoms with van der Waals surface area (Å²) in [4.78, 5) is 26.4. The Bertz CT molecular complexity index is 1280. The molecule has 31 heavy (non-hydrogen) atoms. The number of halogens is 2. The first-order chi connectivity index (χ1) is 14.7. The highest BCUT2D eigenvalue weighted by Crippen LogP contribution is 2.23. The molecule has 3 aromatic heterocycles. The van der Waals surface area contributed by atoms with Crippen molar-refractivity contribution in [1.29, 1.82) is 0 Å². The van der Waals surface area contributed by atoms with Crippen LogP contribution in [0.1, 0.15) is 36.2 Å². The van der Waals surface area contributed by atoms with Crippen LogP contribution < -0.4 is 5.73 Å². The van der Waals surface area contributed by atoms with Gasteiger partial charge in [-0.05, 0) is 25.8 Å². The van der Waals surface area contributed by atoms with Crippen LogP contribution in [0.15, 0.2) is 18.5 Å². The number of anilines is 1. The molecule has 10 nitrogen and oxygen atoms in total. The zero-order valence-electron chi connectivity index (χ0n) is 17.2. The van der Waals surface area contributed by atoms with Gasteiger partial charge in [0.2, 0.25) is 11.8 Å². The molecule has 0 aliphatic rings. The summed E-state index contributed by atoms with van der Waals surface area (Å²) < 4.78 is 30.5.